The zero-order valence-corrected chi connectivity index (χ0v) is 49.9. The van der Waals surface area contributed by atoms with Gasteiger partial charge in [0.05, 0.1) is 68.6 Å². The first-order valence-electron chi connectivity index (χ1n) is 30.4. The molecule has 0 fully saturated rings. The van der Waals surface area contributed by atoms with Gasteiger partial charge in [0.25, 0.3) is 0 Å². The highest BCUT2D eigenvalue weighted by Crippen LogP contribution is 2.44. The van der Waals surface area contributed by atoms with Gasteiger partial charge in [0.2, 0.25) is 0 Å². The number of nitrogens with zero attached hydrogens (tertiary/aromatic N) is 12. The SMILES string of the molecule is N#Cc1ccc2c(c1)c1cc(C#N)ccc1n2-c1cc(-c2nc(-c3ccccc3)nc(-c3ccccc3)n2)cc(-c2ccccc2-c2ccccc2-c2cc(-c3nc(-c4ccccc4)nc(-c4ccccc4)n3)cc(-n3c4ccc(C#N)cc4c4cc(C#N)ccc43)c2)c1. The second kappa shape index (κ2) is 23.3. The average Bonchev–Trinajstić information content (AvgIpc) is 1.60. The molecule has 0 spiro atoms. The summed E-state index contributed by atoms with van der Waals surface area (Å²) < 4.78 is 4.37. The lowest BCUT2D eigenvalue weighted by atomic mass is 9.88. The number of nitriles is 4. The van der Waals surface area contributed by atoms with Gasteiger partial charge < -0.3 is 9.13 Å². The number of fused-ring (bicyclic) bond motifs is 6. The van der Waals surface area contributed by atoms with Crippen LogP contribution < -0.4 is 0 Å². The second-order valence-electron chi connectivity index (χ2n) is 22.8. The molecule has 0 saturated heterocycles. The highest BCUT2D eigenvalue weighted by atomic mass is 15.1. The highest BCUT2D eigenvalue weighted by Gasteiger charge is 2.24. The molecule has 0 N–H and O–H groups in total. The molecule has 4 heterocycles. The van der Waals surface area contributed by atoms with Crippen LogP contribution in [-0.4, -0.2) is 39.0 Å². The summed E-state index contributed by atoms with van der Waals surface area (Å²) in [7, 11) is 0. The predicted molar refractivity (Wildman–Crippen MR) is 370 cm³/mol. The molecule has 0 radical (unpaired) electrons. The van der Waals surface area contributed by atoms with Crippen molar-refractivity contribution < 1.29 is 0 Å². The molecule has 4 aromatic heterocycles. The number of hydrogen-bond acceptors (Lipinski definition) is 10. The monoisotopic (exact) mass is 1200 g/mol. The van der Waals surface area contributed by atoms with Gasteiger partial charge in [-0.25, -0.2) is 29.9 Å². The Morgan fingerprint density at radius 1 is 0.213 bits per heavy atom. The van der Waals surface area contributed by atoms with E-state index in [1.807, 2.05) is 194 Å². The summed E-state index contributed by atoms with van der Waals surface area (Å²) in [5.41, 5.74) is 17.2. The highest BCUT2D eigenvalue weighted by molar-refractivity contribution is 6.12. The number of hydrogen-bond donors (Lipinski definition) is 0. The molecule has 12 heteroatoms. The maximum atomic E-state index is 10.2. The van der Waals surface area contributed by atoms with Crippen molar-refractivity contribution in [1.82, 2.24) is 39.0 Å². The summed E-state index contributed by atoms with van der Waals surface area (Å²) in [6.07, 6.45) is 0. The van der Waals surface area contributed by atoms with Crippen LogP contribution in [0.4, 0.5) is 0 Å². The fourth-order valence-corrected chi connectivity index (χ4v) is 12.7. The molecule has 0 saturated carbocycles. The minimum Gasteiger partial charge on any atom is -0.309 e. The Kier molecular flexibility index (Phi) is 13.8. The summed E-state index contributed by atoms with van der Waals surface area (Å²) in [6, 6.07) is 101. The van der Waals surface area contributed by atoms with Crippen LogP contribution in [0, 0.1) is 45.3 Å². The predicted octanol–water partition coefficient (Wildman–Crippen LogP) is 18.7. The topological polar surface area (TPSA) is 182 Å². The minimum absolute atomic E-state index is 0.458. The van der Waals surface area contributed by atoms with Crippen molar-refractivity contribution in [2.24, 2.45) is 0 Å². The molecule has 0 amide bonds. The van der Waals surface area contributed by atoms with Crippen molar-refractivity contribution in [2.45, 2.75) is 0 Å². The molecular formula is C82H46N12. The molecule has 0 bridgehead atoms. The Labute approximate surface area is 539 Å². The summed E-state index contributed by atoms with van der Waals surface area (Å²) in [5, 5.41) is 44.2. The minimum atomic E-state index is 0.458. The van der Waals surface area contributed by atoms with E-state index in [1.165, 1.54) is 0 Å². The van der Waals surface area contributed by atoms with Gasteiger partial charge in [-0.05, 0) is 143 Å². The van der Waals surface area contributed by atoms with Gasteiger partial charge in [-0.2, -0.15) is 21.0 Å². The van der Waals surface area contributed by atoms with Crippen molar-refractivity contribution in [1.29, 1.82) is 21.0 Å². The summed E-state index contributed by atoms with van der Waals surface area (Å²) in [4.78, 5) is 31.2. The Bertz CT molecular complexity index is 5290. The zero-order valence-electron chi connectivity index (χ0n) is 49.9. The van der Waals surface area contributed by atoms with Gasteiger partial charge in [-0.15, -0.1) is 0 Å². The summed E-state index contributed by atoms with van der Waals surface area (Å²) in [6.45, 7) is 0. The zero-order chi connectivity index (χ0) is 63.2. The maximum Gasteiger partial charge on any atom is 0.164 e. The van der Waals surface area contributed by atoms with Crippen LogP contribution in [0.15, 0.2) is 279 Å². The lowest BCUT2D eigenvalue weighted by molar-refractivity contribution is 1.07. The van der Waals surface area contributed by atoms with Gasteiger partial charge in [-0.3, -0.25) is 0 Å². The van der Waals surface area contributed by atoms with E-state index in [0.717, 1.165) is 122 Å². The van der Waals surface area contributed by atoms with Gasteiger partial charge in [0.1, 0.15) is 0 Å². The lowest BCUT2D eigenvalue weighted by Crippen LogP contribution is -2.02. The largest absolute Gasteiger partial charge is 0.309 e. The van der Waals surface area contributed by atoms with Gasteiger partial charge >= 0.3 is 0 Å². The molecule has 0 aliphatic carbocycles. The Morgan fingerprint density at radius 2 is 0.447 bits per heavy atom. The molecule has 434 valence electrons. The number of rotatable bonds is 11. The van der Waals surface area contributed by atoms with E-state index in [-0.39, 0.29) is 0 Å². The first-order chi connectivity index (χ1) is 46.4. The smallest absolute Gasteiger partial charge is 0.164 e. The number of benzene rings is 12. The number of aromatic nitrogens is 8. The molecule has 0 aliphatic rings. The standard InChI is InChI=1S/C82H46N12/c83-47-51-29-33-73-69(37-51)70-38-52(48-84)30-34-74(70)93(73)63-43-59(41-61(45-63)81-89-77(55-17-5-1-6-18-55)87-78(90-81)56-19-7-2-8-20-56)65-25-13-15-27-67(65)68-28-16-14-26-66(68)60-42-62(82-91-79(57-21-9-3-10-22-57)88-80(92-82)58-23-11-4-12-24-58)46-64(44-60)94-75-35-31-53(49-85)39-71(75)72-40-54(50-86)32-36-76(72)94/h1-46H. The van der Waals surface area contributed by atoms with Crippen LogP contribution in [0.2, 0.25) is 0 Å². The van der Waals surface area contributed by atoms with E-state index in [1.54, 1.807) is 0 Å². The fraction of sp³-hybridized carbons (Fsp3) is 0. The van der Waals surface area contributed by atoms with Crippen molar-refractivity contribution >= 4 is 43.6 Å². The van der Waals surface area contributed by atoms with E-state index in [0.29, 0.717) is 57.2 Å². The first-order valence-corrected chi connectivity index (χ1v) is 30.4. The first kappa shape index (κ1) is 55.5. The molecular weight excluding hydrogens is 1150 g/mol. The molecule has 94 heavy (non-hydrogen) atoms. The molecule has 0 unspecified atom stereocenters. The Hall–Kier alpha value is -13.8. The average molecular weight is 1200 g/mol. The third-order valence-electron chi connectivity index (χ3n) is 17.1. The van der Waals surface area contributed by atoms with Crippen molar-refractivity contribution in [3.63, 3.8) is 0 Å². The van der Waals surface area contributed by atoms with E-state index in [9.17, 15) is 21.0 Å². The molecule has 16 rings (SSSR count). The van der Waals surface area contributed by atoms with Crippen LogP contribution in [-0.2, 0) is 0 Å². The van der Waals surface area contributed by atoms with E-state index < -0.39 is 0 Å². The van der Waals surface area contributed by atoms with Crippen LogP contribution in [0.1, 0.15) is 22.3 Å². The molecule has 12 aromatic carbocycles. The van der Waals surface area contributed by atoms with Gasteiger partial charge in [0, 0.05) is 66.3 Å². The van der Waals surface area contributed by atoms with E-state index in [2.05, 4.69) is 118 Å². The third kappa shape index (κ3) is 9.98. The van der Waals surface area contributed by atoms with Crippen LogP contribution in [0.3, 0.4) is 0 Å². The molecule has 0 aliphatic heterocycles. The second-order valence-corrected chi connectivity index (χ2v) is 22.8. The summed E-state index contributed by atoms with van der Waals surface area (Å²) in [5.74, 6) is 2.98. The van der Waals surface area contributed by atoms with Crippen LogP contribution in [0.25, 0.3) is 157 Å². The van der Waals surface area contributed by atoms with Crippen molar-refractivity contribution in [2.75, 3.05) is 0 Å². The van der Waals surface area contributed by atoms with E-state index >= 15 is 0 Å². The van der Waals surface area contributed by atoms with Crippen molar-refractivity contribution in [3.8, 4) is 137 Å². The third-order valence-corrected chi connectivity index (χ3v) is 17.1. The Morgan fingerprint density at radius 3 is 0.713 bits per heavy atom. The van der Waals surface area contributed by atoms with E-state index in [4.69, 9.17) is 29.9 Å². The Balaban J connectivity index is 0.950. The molecule has 0 atom stereocenters. The molecule has 16 aromatic rings. The van der Waals surface area contributed by atoms with Crippen LogP contribution >= 0.6 is 0 Å². The maximum absolute atomic E-state index is 10.2. The quantitative estimate of drug-likeness (QED) is 0.121. The fourth-order valence-electron chi connectivity index (χ4n) is 12.7. The van der Waals surface area contributed by atoms with Crippen molar-refractivity contribution in [3.05, 3.63) is 301 Å². The summed E-state index contributed by atoms with van der Waals surface area (Å²) >= 11 is 0. The molecule has 12 nitrogen and oxygen atoms in total. The van der Waals surface area contributed by atoms with Gasteiger partial charge in [0.15, 0.2) is 34.9 Å². The lowest BCUT2D eigenvalue weighted by Gasteiger charge is -2.19. The van der Waals surface area contributed by atoms with Crippen LogP contribution in [0.5, 0.6) is 0 Å². The van der Waals surface area contributed by atoms with Gasteiger partial charge in [-0.1, -0.05) is 170 Å². The normalized spacial score (nSPS) is 11.1.